The molecule has 1 heterocycles. The first kappa shape index (κ1) is 14.5. The lowest BCUT2D eigenvalue weighted by molar-refractivity contribution is -0.147. The van der Waals surface area contributed by atoms with E-state index in [1.165, 1.54) is 12.0 Å². The first-order valence-electron chi connectivity index (χ1n) is 5.35. The fraction of sp³-hybridized carbons (Fsp3) is 0.455. The molecular weight excluding hydrogens is 256 g/mol. The highest BCUT2D eigenvalue weighted by Crippen LogP contribution is 2.14. The number of carbonyl (C=O) groups excluding carboxylic acids is 1. The zero-order valence-corrected chi connectivity index (χ0v) is 11.0. The molecule has 0 aliphatic carbocycles. The highest BCUT2D eigenvalue weighted by Gasteiger charge is 2.16. The van der Waals surface area contributed by atoms with Crippen molar-refractivity contribution in [3.63, 3.8) is 0 Å². The van der Waals surface area contributed by atoms with E-state index in [-0.39, 0.29) is 6.54 Å². The molecule has 0 saturated heterocycles. The minimum absolute atomic E-state index is 0.0683. The molecule has 1 atom stereocenters. The Bertz CT molecular complexity index is 419. The van der Waals surface area contributed by atoms with Gasteiger partial charge in [-0.05, 0) is 19.1 Å². The third-order valence-corrected chi connectivity index (χ3v) is 3.23. The van der Waals surface area contributed by atoms with Crippen molar-refractivity contribution in [1.29, 1.82) is 0 Å². The van der Waals surface area contributed by atoms with E-state index in [0.717, 1.165) is 4.88 Å². The molecule has 1 rings (SSSR count). The van der Waals surface area contributed by atoms with Crippen LogP contribution in [0.2, 0.25) is 0 Å². The number of hydrogen-bond donors (Lipinski definition) is 3. The van der Waals surface area contributed by atoms with Crippen molar-refractivity contribution >= 4 is 23.3 Å². The lowest BCUT2D eigenvalue weighted by Crippen LogP contribution is -2.42. The van der Waals surface area contributed by atoms with Crippen LogP contribution in [0.15, 0.2) is 12.1 Å². The van der Waals surface area contributed by atoms with Gasteiger partial charge in [0.1, 0.15) is 0 Å². The number of ether oxygens (including phenoxy) is 1. The molecule has 0 bridgehead atoms. The van der Waals surface area contributed by atoms with Gasteiger partial charge in [-0.15, -0.1) is 11.3 Å². The number of methoxy groups -OCH3 is 1. The second-order valence-electron chi connectivity index (χ2n) is 3.64. The third-order valence-electron chi connectivity index (χ3n) is 2.23. The maximum atomic E-state index is 11.4. The van der Waals surface area contributed by atoms with E-state index >= 15 is 0 Å². The van der Waals surface area contributed by atoms with Gasteiger partial charge in [0, 0.05) is 16.9 Å². The average Bonchev–Trinajstić information content (AvgIpc) is 2.73. The summed E-state index contributed by atoms with van der Waals surface area (Å²) in [6.07, 6.45) is -1.03. The smallest absolute Gasteiger partial charge is 0.334 e. The molecule has 18 heavy (non-hydrogen) atoms. The number of nitrogens with one attached hydrogen (secondary N) is 2. The summed E-state index contributed by atoms with van der Waals surface area (Å²) >= 11 is 1.60. The van der Waals surface area contributed by atoms with Gasteiger partial charge in [-0.3, -0.25) is 0 Å². The Morgan fingerprint density at radius 2 is 2.17 bits per heavy atom. The van der Waals surface area contributed by atoms with Gasteiger partial charge in [-0.2, -0.15) is 0 Å². The molecule has 0 spiro atoms. The Kier molecular flexibility index (Phi) is 5.60. The summed E-state index contributed by atoms with van der Waals surface area (Å²) in [5.74, 6) is -1.10. The maximum absolute atomic E-state index is 11.4. The fourth-order valence-corrected chi connectivity index (χ4v) is 2.10. The van der Waals surface area contributed by atoms with E-state index in [2.05, 4.69) is 15.4 Å². The molecule has 1 aromatic heterocycles. The van der Waals surface area contributed by atoms with Crippen LogP contribution in [0.4, 0.5) is 4.79 Å². The van der Waals surface area contributed by atoms with Crippen LogP contribution in [0.3, 0.4) is 0 Å². The lowest BCUT2D eigenvalue weighted by Gasteiger charge is -2.11. The molecule has 7 heteroatoms. The second kappa shape index (κ2) is 6.97. The summed E-state index contributed by atoms with van der Waals surface area (Å²) in [7, 11) is 1.28. The molecule has 2 amide bonds. The number of urea groups is 1. The van der Waals surface area contributed by atoms with E-state index < -0.39 is 18.1 Å². The van der Waals surface area contributed by atoms with E-state index in [0.29, 0.717) is 6.54 Å². The number of aryl methyl sites for hydroxylation is 1. The van der Waals surface area contributed by atoms with Gasteiger partial charge in [-0.25, -0.2) is 9.59 Å². The first-order valence-corrected chi connectivity index (χ1v) is 6.17. The molecule has 0 saturated carbocycles. The van der Waals surface area contributed by atoms with Gasteiger partial charge in [0.15, 0.2) is 6.10 Å². The molecule has 0 aliphatic heterocycles. The molecule has 6 nitrogen and oxygen atoms in total. The van der Waals surface area contributed by atoms with E-state index in [9.17, 15) is 9.59 Å². The predicted octanol–water partition coefficient (Wildman–Crippen LogP) is 0.955. The summed E-state index contributed by atoms with van der Waals surface area (Å²) in [5, 5.41) is 13.8. The van der Waals surface area contributed by atoms with Gasteiger partial charge in [0.05, 0.1) is 13.1 Å². The average molecular weight is 272 g/mol. The van der Waals surface area contributed by atoms with Crippen molar-refractivity contribution in [2.24, 2.45) is 0 Å². The Balaban J connectivity index is 2.27. The van der Waals surface area contributed by atoms with Crippen LogP contribution in [0.1, 0.15) is 9.75 Å². The number of rotatable bonds is 6. The Hall–Kier alpha value is -1.60. The molecule has 0 radical (unpaired) electrons. The fourth-order valence-electron chi connectivity index (χ4n) is 1.27. The minimum atomic E-state index is -1.10. The topological polar surface area (TPSA) is 87.7 Å². The lowest BCUT2D eigenvalue weighted by atomic mass is 10.3. The van der Waals surface area contributed by atoms with Crippen LogP contribution in [0.5, 0.6) is 0 Å². The number of carboxylic acid groups (broad SMARTS) is 1. The second-order valence-corrected chi connectivity index (χ2v) is 5.01. The van der Waals surface area contributed by atoms with Crippen molar-refractivity contribution in [2.45, 2.75) is 19.6 Å². The van der Waals surface area contributed by atoms with E-state index in [1.54, 1.807) is 11.3 Å². The van der Waals surface area contributed by atoms with Gasteiger partial charge in [0.25, 0.3) is 0 Å². The molecule has 100 valence electrons. The zero-order chi connectivity index (χ0) is 13.5. The van der Waals surface area contributed by atoms with Crippen LogP contribution < -0.4 is 10.6 Å². The van der Waals surface area contributed by atoms with Crippen LogP contribution in [-0.2, 0) is 16.1 Å². The van der Waals surface area contributed by atoms with Crippen LogP contribution in [-0.4, -0.2) is 36.9 Å². The van der Waals surface area contributed by atoms with Crippen LogP contribution in [0, 0.1) is 6.92 Å². The maximum Gasteiger partial charge on any atom is 0.334 e. The predicted molar refractivity (Wildman–Crippen MR) is 67.7 cm³/mol. The zero-order valence-electron chi connectivity index (χ0n) is 10.2. The van der Waals surface area contributed by atoms with Gasteiger partial charge in [0.2, 0.25) is 0 Å². The summed E-state index contributed by atoms with van der Waals surface area (Å²) in [6, 6.07) is 3.50. The summed E-state index contributed by atoms with van der Waals surface area (Å²) in [5.41, 5.74) is 0. The van der Waals surface area contributed by atoms with Crippen LogP contribution in [0.25, 0.3) is 0 Å². The largest absolute Gasteiger partial charge is 0.479 e. The van der Waals surface area contributed by atoms with Crippen molar-refractivity contribution < 1.29 is 19.4 Å². The van der Waals surface area contributed by atoms with Crippen molar-refractivity contribution in [2.75, 3.05) is 13.7 Å². The first-order chi connectivity index (χ1) is 8.52. The standard InChI is InChI=1S/C11H16N2O4S/c1-7-3-4-8(18-7)5-12-11(16)13-6-9(17-2)10(14)15/h3-4,9H,5-6H2,1-2H3,(H,14,15)(H2,12,13,16). The summed E-state index contributed by atoms with van der Waals surface area (Å²) in [4.78, 5) is 24.3. The Morgan fingerprint density at radius 3 is 2.67 bits per heavy atom. The SMILES string of the molecule is COC(CNC(=O)NCc1ccc(C)s1)C(=O)O. The number of carboxylic acids is 1. The monoisotopic (exact) mass is 272 g/mol. The number of hydrogen-bond acceptors (Lipinski definition) is 4. The normalized spacial score (nSPS) is 11.9. The third kappa shape index (κ3) is 4.72. The Morgan fingerprint density at radius 1 is 1.44 bits per heavy atom. The number of aliphatic carboxylic acids is 1. The van der Waals surface area contributed by atoms with Gasteiger partial charge >= 0.3 is 12.0 Å². The molecule has 1 unspecified atom stereocenters. The van der Waals surface area contributed by atoms with E-state index in [4.69, 9.17) is 5.11 Å². The van der Waals surface area contributed by atoms with Crippen molar-refractivity contribution in [3.05, 3.63) is 21.9 Å². The van der Waals surface area contributed by atoms with E-state index in [1.807, 2.05) is 19.1 Å². The van der Waals surface area contributed by atoms with Gasteiger partial charge in [-0.1, -0.05) is 0 Å². The highest BCUT2D eigenvalue weighted by atomic mass is 32.1. The quantitative estimate of drug-likeness (QED) is 0.719. The number of carbonyl (C=O) groups is 2. The molecular formula is C11H16N2O4S. The molecule has 0 aliphatic rings. The number of amides is 2. The van der Waals surface area contributed by atoms with Gasteiger partial charge < -0.3 is 20.5 Å². The highest BCUT2D eigenvalue weighted by molar-refractivity contribution is 7.11. The minimum Gasteiger partial charge on any atom is -0.479 e. The van der Waals surface area contributed by atoms with Crippen molar-refractivity contribution in [3.8, 4) is 0 Å². The molecule has 1 aromatic rings. The van der Waals surface area contributed by atoms with Crippen molar-refractivity contribution in [1.82, 2.24) is 10.6 Å². The summed E-state index contributed by atoms with van der Waals surface area (Å²) < 4.78 is 4.69. The molecule has 0 fully saturated rings. The Labute approximate surface area is 109 Å². The number of thiophene rings is 1. The van der Waals surface area contributed by atoms with Crippen LogP contribution >= 0.6 is 11.3 Å². The molecule has 0 aromatic carbocycles. The summed E-state index contributed by atoms with van der Waals surface area (Å²) in [6.45, 7) is 2.35. The molecule has 3 N–H and O–H groups in total.